The lowest BCUT2D eigenvalue weighted by molar-refractivity contribution is -0.126. The van der Waals surface area contributed by atoms with Gasteiger partial charge in [0.25, 0.3) is 0 Å². The quantitative estimate of drug-likeness (QED) is 0.933. The summed E-state index contributed by atoms with van der Waals surface area (Å²) >= 11 is 0. The van der Waals surface area contributed by atoms with Gasteiger partial charge in [-0.3, -0.25) is 14.5 Å². The minimum atomic E-state index is -0.383. The second-order valence-electron chi connectivity index (χ2n) is 6.31. The topological polar surface area (TPSA) is 49.4 Å². The lowest BCUT2D eigenvalue weighted by atomic mass is 9.95. The van der Waals surface area contributed by atoms with Crippen LogP contribution in [0.4, 0.5) is 5.69 Å². The number of nitrogens with one attached hydrogen (secondary N) is 1. The van der Waals surface area contributed by atoms with Gasteiger partial charge in [-0.2, -0.15) is 0 Å². The van der Waals surface area contributed by atoms with Gasteiger partial charge in [0.15, 0.2) is 0 Å². The van der Waals surface area contributed by atoms with E-state index >= 15 is 0 Å². The summed E-state index contributed by atoms with van der Waals surface area (Å²) in [4.78, 5) is 26.7. The molecule has 22 heavy (non-hydrogen) atoms. The van der Waals surface area contributed by atoms with Gasteiger partial charge in [-0.25, -0.2) is 0 Å². The van der Waals surface area contributed by atoms with E-state index in [1.54, 1.807) is 4.90 Å². The number of nitrogens with zero attached hydrogens (tertiary/aromatic N) is 1. The molecule has 0 radical (unpaired) electrons. The number of fused-ring (bicyclic) bond motifs is 1. The molecule has 0 aromatic heterocycles. The maximum atomic E-state index is 12.7. The van der Waals surface area contributed by atoms with E-state index in [4.69, 9.17) is 0 Å². The molecule has 0 saturated heterocycles. The van der Waals surface area contributed by atoms with Crippen molar-refractivity contribution >= 4 is 17.5 Å². The molecule has 4 nitrogen and oxygen atoms in total. The van der Waals surface area contributed by atoms with E-state index in [1.807, 2.05) is 31.2 Å². The number of anilines is 1. The zero-order chi connectivity index (χ0) is 15.5. The predicted octanol–water partition coefficient (Wildman–Crippen LogP) is 2.80. The molecule has 1 N–H and O–H groups in total. The normalized spacial score (nSPS) is 21.5. The molecule has 1 aliphatic carbocycles. The van der Waals surface area contributed by atoms with Crippen LogP contribution >= 0.6 is 0 Å². The van der Waals surface area contributed by atoms with Gasteiger partial charge >= 0.3 is 0 Å². The number of hydrogen-bond acceptors (Lipinski definition) is 2. The Morgan fingerprint density at radius 1 is 1.18 bits per heavy atom. The van der Waals surface area contributed by atoms with Crippen LogP contribution < -0.4 is 10.2 Å². The van der Waals surface area contributed by atoms with Crippen LogP contribution in [0.1, 0.15) is 51.0 Å². The molecule has 0 spiro atoms. The summed E-state index contributed by atoms with van der Waals surface area (Å²) in [5, 5.41) is 3.17. The largest absolute Gasteiger partial charge is 0.352 e. The van der Waals surface area contributed by atoms with Crippen molar-refractivity contribution < 1.29 is 9.59 Å². The van der Waals surface area contributed by atoms with E-state index in [1.165, 1.54) is 19.3 Å². The summed E-state index contributed by atoms with van der Waals surface area (Å²) in [7, 11) is 0. The standard InChI is InChI=1S/C18H24N2O2/c1-2-17(21)20-15-11-7-6-8-13(15)12-16(20)18(22)19-14-9-4-3-5-10-14/h6-8,11,14,16H,2-5,9-10,12H2,1H3,(H,19,22)/t16-/m0/s1. The molecular formula is C18H24N2O2. The highest BCUT2D eigenvalue weighted by atomic mass is 16.2. The van der Waals surface area contributed by atoms with E-state index in [2.05, 4.69) is 5.32 Å². The van der Waals surface area contributed by atoms with Crippen LogP contribution in [-0.4, -0.2) is 23.9 Å². The number of carbonyl (C=O) groups is 2. The van der Waals surface area contributed by atoms with E-state index in [9.17, 15) is 9.59 Å². The van der Waals surface area contributed by atoms with Crippen molar-refractivity contribution in [2.45, 2.75) is 64.0 Å². The Balaban J connectivity index is 1.77. The van der Waals surface area contributed by atoms with Crippen molar-refractivity contribution in [3.05, 3.63) is 29.8 Å². The molecule has 4 heteroatoms. The smallest absolute Gasteiger partial charge is 0.243 e. The third kappa shape index (κ3) is 2.87. The van der Waals surface area contributed by atoms with Gasteiger partial charge in [0.1, 0.15) is 6.04 Å². The molecule has 1 heterocycles. The van der Waals surface area contributed by atoms with Crippen molar-refractivity contribution in [1.29, 1.82) is 0 Å². The zero-order valence-electron chi connectivity index (χ0n) is 13.2. The molecule has 2 amide bonds. The Hall–Kier alpha value is -1.84. The molecule has 2 aliphatic rings. The van der Waals surface area contributed by atoms with Gasteiger partial charge < -0.3 is 5.32 Å². The molecular weight excluding hydrogens is 276 g/mol. The first-order valence-corrected chi connectivity index (χ1v) is 8.41. The maximum Gasteiger partial charge on any atom is 0.243 e. The highest BCUT2D eigenvalue weighted by Gasteiger charge is 2.38. The average Bonchev–Trinajstić information content (AvgIpc) is 2.94. The molecule has 1 atom stereocenters. The van der Waals surface area contributed by atoms with Gasteiger partial charge in [-0.05, 0) is 24.5 Å². The van der Waals surface area contributed by atoms with Crippen LogP contribution in [0.2, 0.25) is 0 Å². The van der Waals surface area contributed by atoms with Crippen molar-refractivity contribution in [2.75, 3.05) is 4.90 Å². The molecule has 1 fully saturated rings. The van der Waals surface area contributed by atoms with Crippen molar-refractivity contribution in [1.82, 2.24) is 5.32 Å². The number of benzene rings is 1. The Bertz CT molecular complexity index is 564. The minimum absolute atomic E-state index is 0.00454. The lowest BCUT2D eigenvalue weighted by Crippen LogP contribution is -2.50. The number of para-hydroxylation sites is 1. The number of amides is 2. The molecule has 118 valence electrons. The molecule has 1 aliphatic heterocycles. The van der Waals surface area contributed by atoms with Gasteiger partial charge in [0, 0.05) is 24.6 Å². The number of carbonyl (C=O) groups excluding carboxylic acids is 2. The van der Waals surface area contributed by atoms with E-state index in [0.29, 0.717) is 12.8 Å². The predicted molar refractivity (Wildman–Crippen MR) is 86.7 cm³/mol. The fraction of sp³-hybridized carbons (Fsp3) is 0.556. The zero-order valence-corrected chi connectivity index (χ0v) is 13.2. The van der Waals surface area contributed by atoms with Gasteiger partial charge in [-0.1, -0.05) is 44.4 Å². The van der Waals surface area contributed by atoms with Crippen LogP contribution in [0.5, 0.6) is 0 Å². The summed E-state index contributed by atoms with van der Waals surface area (Å²) < 4.78 is 0. The Labute approximate surface area is 131 Å². The van der Waals surface area contributed by atoms with Crippen molar-refractivity contribution in [3.63, 3.8) is 0 Å². The van der Waals surface area contributed by atoms with Crippen LogP contribution in [0, 0.1) is 0 Å². The van der Waals surface area contributed by atoms with Gasteiger partial charge in [-0.15, -0.1) is 0 Å². The highest BCUT2D eigenvalue weighted by Crippen LogP contribution is 2.33. The third-order valence-electron chi connectivity index (χ3n) is 4.80. The molecule has 0 bridgehead atoms. The molecule has 0 unspecified atom stereocenters. The molecule has 1 saturated carbocycles. The second kappa shape index (κ2) is 6.51. The fourth-order valence-electron chi connectivity index (χ4n) is 3.62. The SMILES string of the molecule is CCC(=O)N1c2ccccc2C[C@H]1C(=O)NC1CCCCC1. The summed E-state index contributed by atoms with van der Waals surface area (Å²) in [5.41, 5.74) is 1.99. The summed E-state index contributed by atoms with van der Waals surface area (Å²) in [6, 6.07) is 7.75. The first-order chi connectivity index (χ1) is 10.7. The van der Waals surface area contributed by atoms with Crippen LogP contribution in [0.3, 0.4) is 0 Å². The summed E-state index contributed by atoms with van der Waals surface area (Å²) in [6.07, 6.45) is 6.81. The first kappa shape index (κ1) is 15.1. The van der Waals surface area contributed by atoms with Gasteiger partial charge in [0.05, 0.1) is 0 Å². The highest BCUT2D eigenvalue weighted by molar-refractivity contribution is 6.03. The first-order valence-electron chi connectivity index (χ1n) is 8.41. The van der Waals surface area contributed by atoms with E-state index in [0.717, 1.165) is 24.1 Å². The van der Waals surface area contributed by atoms with Crippen LogP contribution in [-0.2, 0) is 16.0 Å². The number of rotatable bonds is 3. The summed E-state index contributed by atoms with van der Waals surface area (Å²) in [5.74, 6) is 0.0265. The number of hydrogen-bond donors (Lipinski definition) is 1. The molecule has 1 aromatic carbocycles. The van der Waals surface area contributed by atoms with Crippen molar-refractivity contribution in [3.8, 4) is 0 Å². The maximum absolute atomic E-state index is 12.7. The van der Waals surface area contributed by atoms with Crippen LogP contribution in [0.15, 0.2) is 24.3 Å². The fourth-order valence-corrected chi connectivity index (χ4v) is 3.62. The van der Waals surface area contributed by atoms with E-state index in [-0.39, 0.29) is 23.9 Å². The van der Waals surface area contributed by atoms with Gasteiger partial charge in [0.2, 0.25) is 11.8 Å². The van der Waals surface area contributed by atoms with E-state index < -0.39 is 0 Å². The second-order valence-corrected chi connectivity index (χ2v) is 6.31. The Morgan fingerprint density at radius 3 is 2.64 bits per heavy atom. The summed E-state index contributed by atoms with van der Waals surface area (Å²) in [6.45, 7) is 1.85. The average molecular weight is 300 g/mol. The van der Waals surface area contributed by atoms with Crippen molar-refractivity contribution in [2.24, 2.45) is 0 Å². The molecule has 3 rings (SSSR count). The monoisotopic (exact) mass is 300 g/mol. The van der Waals surface area contributed by atoms with Crippen LogP contribution in [0.25, 0.3) is 0 Å². The molecule has 1 aromatic rings. The lowest BCUT2D eigenvalue weighted by Gasteiger charge is -2.28. The minimum Gasteiger partial charge on any atom is -0.352 e. The Morgan fingerprint density at radius 2 is 1.91 bits per heavy atom. The Kier molecular flexibility index (Phi) is 4.46. The third-order valence-corrected chi connectivity index (χ3v) is 4.80.